The Kier molecular flexibility index (Phi) is 5.53. The summed E-state index contributed by atoms with van der Waals surface area (Å²) in [6.07, 6.45) is 3.66. The molecule has 1 N–H and O–H groups in total. The Morgan fingerprint density at radius 3 is 2.71 bits per heavy atom. The van der Waals surface area contributed by atoms with Crippen LogP contribution in [-0.4, -0.2) is 57.1 Å². The van der Waals surface area contributed by atoms with Crippen LogP contribution in [0.15, 0.2) is 47.1 Å². The number of carbonyl (C=O) groups is 1. The molecule has 0 atom stereocenters. The molecule has 0 bridgehead atoms. The molecule has 1 fully saturated rings. The lowest BCUT2D eigenvalue weighted by Gasteiger charge is -2.33. The Bertz CT molecular complexity index is 910. The number of oxazole rings is 1. The van der Waals surface area contributed by atoms with E-state index in [1.165, 1.54) is 0 Å². The average molecular weight is 379 g/mol. The number of aryl methyl sites for hydroxylation is 1. The molecule has 0 radical (unpaired) electrons. The summed E-state index contributed by atoms with van der Waals surface area (Å²) in [5, 5.41) is 7.13. The van der Waals surface area contributed by atoms with E-state index in [9.17, 15) is 4.79 Å². The Morgan fingerprint density at radius 1 is 1.18 bits per heavy atom. The predicted octanol–water partition coefficient (Wildman–Crippen LogP) is 2.98. The molecule has 0 unspecified atom stereocenters. The number of amides is 1. The molecule has 0 saturated carbocycles. The van der Waals surface area contributed by atoms with E-state index in [2.05, 4.69) is 27.0 Å². The number of benzene rings is 1. The minimum absolute atomic E-state index is 0.00560. The maximum atomic E-state index is 12.6. The fraction of sp³-hybridized carbons (Fsp3) is 0.381. The van der Waals surface area contributed by atoms with Crippen molar-refractivity contribution in [1.29, 1.82) is 0 Å². The lowest BCUT2D eigenvalue weighted by molar-refractivity contribution is 0.0621. The highest BCUT2D eigenvalue weighted by Gasteiger charge is 2.24. The van der Waals surface area contributed by atoms with Gasteiger partial charge in [-0.1, -0.05) is 31.5 Å². The third kappa shape index (κ3) is 4.14. The normalized spacial score (nSPS) is 15.1. The zero-order chi connectivity index (χ0) is 19.3. The standard InChI is InChI=1S/C21H25N5O2/c1-2-6-17-13-19(24-23-17)21(27)26-11-9-25(10-12-26)14-18-15-28-20(22-18)16-7-4-3-5-8-16/h3-5,7-8,13,15H,2,6,9-12,14H2,1H3,(H,23,24). The smallest absolute Gasteiger partial charge is 0.274 e. The molecule has 7 nitrogen and oxygen atoms in total. The highest BCUT2D eigenvalue weighted by atomic mass is 16.3. The van der Waals surface area contributed by atoms with Crippen molar-refractivity contribution in [3.05, 3.63) is 59.7 Å². The quantitative estimate of drug-likeness (QED) is 0.712. The summed E-state index contributed by atoms with van der Waals surface area (Å²) in [5.74, 6) is 0.650. The zero-order valence-electron chi connectivity index (χ0n) is 16.1. The maximum Gasteiger partial charge on any atom is 0.274 e. The van der Waals surface area contributed by atoms with E-state index in [1.807, 2.05) is 41.3 Å². The summed E-state index contributed by atoms with van der Waals surface area (Å²) in [7, 11) is 0. The van der Waals surface area contributed by atoms with Gasteiger partial charge in [-0.05, 0) is 24.6 Å². The van der Waals surface area contributed by atoms with Gasteiger partial charge in [-0.2, -0.15) is 5.10 Å². The molecular formula is C21H25N5O2. The molecule has 0 spiro atoms. The second kappa shape index (κ2) is 8.39. The maximum absolute atomic E-state index is 12.6. The minimum atomic E-state index is 0.00560. The van der Waals surface area contributed by atoms with E-state index >= 15 is 0 Å². The van der Waals surface area contributed by atoms with Crippen molar-refractivity contribution in [2.75, 3.05) is 26.2 Å². The molecule has 0 aliphatic carbocycles. The molecule has 1 saturated heterocycles. The van der Waals surface area contributed by atoms with Crippen LogP contribution < -0.4 is 0 Å². The number of carbonyl (C=O) groups excluding carboxylic acids is 1. The first kappa shape index (κ1) is 18.4. The van der Waals surface area contributed by atoms with E-state index in [1.54, 1.807) is 6.26 Å². The van der Waals surface area contributed by atoms with Crippen molar-refractivity contribution < 1.29 is 9.21 Å². The molecule has 7 heteroatoms. The van der Waals surface area contributed by atoms with E-state index < -0.39 is 0 Å². The van der Waals surface area contributed by atoms with E-state index in [0.29, 0.717) is 24.7 Å². The van der Waals surface area contributed by atoms with Crippen LogP contribution in [0.3, 0.4) is 0 Å². The third-order valence-electron chi connectivity index (χ3n) is 4.99. The van der Waals surface area contributed by atoms with E-state index in [0.717, 1.165) is 49.4 Å². The predicted molar refractivity (Wildman–Crippen MR) is 106 cm³/mol. The Hall–Kier alpha value is -2.93. The van der Waals surface area contributed by atoms with Gasteiger partial charge in [0.05, 0.1) is 5.69 Å². The van der Waals surface area contributed by atoms with E-state index in [4.69, 9.17) is 4.42 Å². The Balaban J connectivity index is 1.30. The van der Waals surface area contributed by atoms with E-state index in [-0.39, 0.29) is 5.91 Å². The Morgan fingerprint density at radius 2 is 1.96 bits per heavy atom. The molecule has 4 rings (SSSR count). The third-order valence-corrected chi connectivity index (χ3v) is 4.99. The van der Waals surface area contributed by atoms with Gasteiger partial charge in [-0.3, -0.25) is 14.8 Å². The van der Waals surface area contributed by atoms with Crippen LogP contribution in [0.5, 0.6) is 0 Å². The number of aromatic nitrogens is 3. The monoisotopic (exact) mass is 379 g/mol. The van der Waals surface area contributed by atoms with Crippen LogP contribution in [0, 0.1) is 0 Å². The van der Waals surface area contributed by atoms with Crippen molar-refractivity contribution in [2.45, 2.75) is 26.3 Å². The summed E-state index contributed by atoms with van der Waals surface area (Å²) in [6, 6.07) is 11.8. The molecule has 1 aliphatic heterocycles. The molecular weight excluding hydrogens is 354 g/mol. The molecule has 1 aliphatic rings. The number of hydrogen-bond donors (Lipinski definition) is 1. The van der Waals surface area contributed by atoms with Crippen LogP contribution in [0.1, 0.15) is 35.2 Å². The second-order valence-corrected chi connectivity index (χ2v) is 7.11. The van der Waals surface area contributed by atoms with Crippen molar-refractivity contribution in [1.82, 2.24) is 25.0 Å². The summed E-state index contributed by atoms with van der Waals surface area (Å²) < 4.78 is 5.62. The van der Waals surface area contributed by atoms with Crippen LogP contribution in [-0.2, 0) is 13.0 Å². The van der Waals surface area contributed by atoms with Gasteiger partial charge in [0.2, 0.25) is 5.89 Å². The Labute approximate surface area is 164 Å². The molecule has 28 heavy (non-hydrogen) atoms. The van der Waals surface area contributed by atoms with Gasteiger partial charge in [-0.25, -0.2) is 4.98 Å². The zero-order valence-corrected chi connectivity index (χ0v) is 16.1. The molecule has 3 aromatic rings. The largest absolute Gasteiger partial charge is 0.444 e. The SMILES string of the molecule is CCCc1cc(C(=O)N2CCN(Cc3coc(-c4ccccc4)n3)CC2)n[nH]1. The first-order valence-corrected chi connectivity index (χ1v) is 9.78. The van der Waals surface area contributed by atoms with Crippen molar-refractivity contribution in [3.63, 3.8) is 0 Å². The average Bonchev–Trinajstić information content (AvgIpc) is 3.39. The summed E-state index contributed by atoms with van der Waals surface area (Å²) >= 11 is 0. The van der Waals surface area contributed by atoms with Gasteiger partial charge >= 0.3 is 0 Å². The number of piperazine rings is 1. The number of nitrogens with zero attached hydrogens (tertiary/aromatic N) is 4. The fourth-order valence-electron chi connectivity index (χ4n) is 3.46. The van der Waals surface area contributed by atoms with Crippen molar-refractivity contribution in [3.8, 4) is 11.5 Å². The fourth-order valence-corrected chi connectivity index (χ4v) is 3.46. The van der Waals surface area contributed by atoms with Gasteiger partial charge in [0.25, 0.3) is 5.91 Å². The van der Waals surface area contributed by atoms with Crippen LogP contribution in [0.25, 0.3) is 11.5 Å². The molecule has 1 aromatic carbocycles. The second-order valence-electron chi connectivity index (χ2n) is 7.11. The van der Waals surface area contributed by atoms with Crippen LogP contribution in [0.4, 0.5) is 0 Å². The number of rotatable bonds is 6. The van der Waals surface area contributed by atoms with Crippen LogP contribution in [0.2, 0.25) is 0 Å². The number of H-pyrrole nitrogens is 1. The van der Waals surface area contributed by atoms with Gasteiger partial charge in [-0.15, -0.1) is 0 Å². The lowest BCUT2D eigenvalue weighted by Crippen LogP contribution is -2.48. The van der Waals surface area contributed by atoms with Gasteiger partial charge in [0.1, 0.15) is 12.0 Å². The van der Waals surface area contributed by atoms with Gasteiger partial charge in [0, 0.05) is 44.0 Å². The first-order chi connectivity index (χ1) is 13.7. The first-order valence-electron chi connectivity index (χ1n) is 9.78. The van der Waals surface area contributed by atoms with Crippen LogP contribution >= 0.6 is 0 Å². The number of hydrogen-bond acceptors (Lipinski definition) is 5. The minimum Gasteiger partial charge on any atom is -0.444 e. The lowest BCUT2D eigenvalue weighted by atomic mass is 10.2. The number of nitrogens with one attached hydrogen (secondary N) is 1. The van der Waals surface area contributed by atoms with Crippen molar-refractivity contribution in [2.24, 2.45) is 0 Å². The molecule has 3 heterocycles. The molecule has 1 amide bonds. The highest BCUT2D eigenvalue weighted by molar-refractivity contribution is 5.92. The number of aromatic amines is 1. The topological polar surface area (TPSA) is 78.3 Å². The van der Waals surface area contributed by atoms with Gasteiger partial charge < -0.3 is 9.32 Å². The van der Waals surface area contributed by atoms with Crippen molar-refractivity contribution >= 4 is 5.91 Å². The molecule has 2 aromatic heterocycles. The summed E-state index contributed by atoms with van der Waals surface area (Å²) in [4.78, 5) is 21.4. The summed E-state index contributed by atoms with van der Waals surface area (Å²) in [6.45, 7) is 5.84. The summed E-state index contributed by atoms with van der Waals surface area (Å²) in [5.41, 5.74) is 3.42. The van der Waals surface area contributed by atoms with Gasteiger partial charge in [0.15, 0.2) is 0 Å². The molecule has 146 valence electrons. The highest BCUT2D eigenvalue weighted by Crippen LogP contribution is 2.19.